The smallest absolute Gasteiger partial charge is 0.250 e. The van der Waals surface area contributed by atoms with E-state index in [2.05, 4.69) is 25.4 Å². The maximum atomic E-state index is 9.90. The van der Waals surface area contributed by atoms with Gasteiger partial charge in [0.2, 0.25) is 5.95 Å². The maximum absolute atomic E-state index is 9.90. The van der Waals surface area contributed by atoms with Gasteiger partial charge in [0.15, 0.2) is 5.82 Å². The van der Waals surface area contributed by atoms with Crippen LogP contribution in [0.25, 0.3) is 28.1 Å². The maximum Gasteiger partial charge on any atom is 0.250 e. The van der Waals surface area contributed by atoms with Gasteiger partial charge < -0.3 is 16.2 Å². The summed E-state index contributed by atoms with van der Waals surface area (Å²) in [5.41, 5.74) is 10.8. The zero-order valence-corrected chi connectivity index (χ0v) is 18.0. The SMILES string of the molecule is CCc1nc2c(N)ncc(-c3cnn(-c4ncc(C)cn4)c3)c2nc1NC1CCC(O)C1. The van der Waals surface area contributed by atoms with Gasteiger partial charge in [0.05, 0.1) is 18.0 Å². The topological polar surface area (TPSA) is 141 Å². The molecule has 1 aliphatic carbocycles. The fourth-order valence-corrected chi connectivity index (χ4v) is 4.02. The summed E-state index contributed by atoms with van der Waals surface area (Å²) in [4.78, 5) is 22.7. The van der Waals surface area contributed by atoms with E-state index in [0.717, 1.165) is 41.0 Å². The molecule has 4 aromatic rings. The molecule has 4 N–H and O–H groups in total. The molecule has 0 amide bonds. The number of aliphatic hydroxyl groups is 1. The lowest BCUT2D eigenvalue weighted by Crippen LogP contribution is -2.19. The first kappa shape index (κ1) is 20.3. The second-order valence-electron chi connectivity index (χ2n) is 8.17. The van der Waals surface area contributed by atoms with Crippen LogP contribution in [0.3, 0.4) is 0 Å². The lowest BCUT2D eigenvalue weighted by Gasteiger charge is -2.17. The van der Waals surface area contributed by atoms with E-state index in [4.69, 9.17) is 15.7 Å². The number of hydrogen-bond acceptors (Lipinski definition) is 9. The molecule has 0 radical (unpaired) electrons. The van der Waals surface area contributed by atoms with Crippen LogP contribution in [-0.2, 0) is 6.42 Å². The number of pyridine rings is 1. The molecule has 0 saturated heterocycles. The highest BCUT2D eigenvalue weighted by Gasteiger charge is 2.24. The average molecular weight is 432 g/mol. The summed E-state index contributed by atoms with van der Waals surface area (Å²) in [7, 11) is 0. The van der Waals surface area contributed by atoms with Crippen molar-refractivity contribution >= 4 is 22.7 Å². The van der Waals surface area contributed by atoms with Crippen LogP contribution in [0.4, 0.5) is 11.6 Å². The lowest BCUT2D eigenvalue weighted by atomic mass is 10.1. The van der Waals surface area contributed by atoms with Crippen molar-refractivity contribution in [2.75, 3.05) is 11.1 Å². The second-order valence-corrected chi connectivity index (χ2v) is 8.17. The van der Waals surface area contributed by atoms with Crippen molar-refractivity contribution in [3.05, 3.63) is 42.2 Å². The van der Waals surface area contributed by atoms with E-state index in [-0.39, 0.29) is 12.1 Å². The van der Waals surface area contributed by atoms with Crippen molar-refractivity contribution < 1.29 is 5.11 Å². The van der Waals surface area contributed by atoms with Crippen LogP contribution in [0.2, 0.25) is 0 Å². The molecule has 2 unspecified atom stereocenters. The second kappa shape index (κ2) is 8.12. The highest BCUT2D eigenvalue weighted by atomic mass is 16.3. The minimum atomic E-state index is -0.267. The number of nitrogens with two attached hydrogens (primary N) is 1. The third-order valence-electron chi connectivity index (χ3n) is 5.74. The van der Waals surface area contributed by atoms with Gasteiger partial charge in [-0.25, -0.2) is 29.6 Å². The van der Waals surface area contributed by atoms with E-state index in [1.54, 1.807) is 29.5 Å². The van der Waals surface area contributed by atoms with E-state index in [1.165, 1.54) is 0 Å². The highest BCUT2D eigenvalue weighted by Crippen LogP contribution is 2.31. The zero-order chi connectivity index (χ0) is 22.2. The number of aliphatic hydroxyl groups excluding tert-OH is 1. The van der Waals surface area contributed by atoms with Gasteiger partial charge in [-0.05, 0) is 38.2 Å². The summed E-state index contributed by atoms with van der Waals surface area (Å²) >= 11 is 0. The van der Waals surface area contributed by atoms with E-state index in [9.17, 15) is 5.11 Å². The summed E-state index contributed by atoms with van der Waals surface area (Å²) in [5, 5.41) is 17.8. The van der Waals surface area contributed by atoms with Gasteiger partial charge in [0, 0.05) is 42.0 Å². The third kappa shape index (κ3) is 3.73. The van der Waals surface area contributed by atoms with Crippen molar-refractivity contribution in [2.45, 2.75) is 51.7 Å². The Hall–Kier alpha value is -3.66. The zero-order valence-electron chi connectivity index (χ0n) is 18.0. The lowest BCUT2D eigenvalue weighted by molar-refractivity contribution is 0.182. The Morgan fingerprint density at radius 3 is 2.62 bits per heavy atom. The number of nitrogens with zero attached hydrogens (tertiary/aromatic N) is 7. The fraction of sp³-hybridized carbons (Fsp3) is 0.364. The van der Waals surface area contributed by atoms with Crippen molar-refractivity contribution in [3.8, 4) is 17.1 Å². The van der Waals surface area contributed by atoms with Gasteiger partial charge in [-0.3, -0.25) is 0 Å². The number of aromatic nitrogens is 7. The summed E-state index contributed by atoms with van der Waals surface area (Å²) < 4.78 is 1.61. The van der Waals surface area contributed by atoms with Crippen LogP contribution in [0.5, 0.6) is 0 Å². The van der Waals surface area contributed by atoms with Gasteiger partial charge in [-0.1, -0.05) is 6.92 Å². The molecule has 1 saturated carbocycles. The fourth-order valence-electron chi connectivity index (χ4n) is 4.02. The van der Waals surface area contributed by atoms with Gasteiger partial charge in [-0.2, -0.15) is 5.10 Å². The van der Waals surface area contributed by atoms with Gasteiger partial charge >= 0.3 is 0 Å². The number of nitrogen functional groups attached to an aromatic ring is 1. The first-order valence-corrected chi connectivity index (χ1v) is 10.8. The summed E-state index contributed by atoms with van der Waals surface area (Å²) in [6, 6.07) is 0.172. The van der Waals surface area contributed by atoms with Crippen LogP contribution < -0.4 is 11.1 Å². The molecule has 1 aliphatic rings. The molecule has 4 aromatic heterocycles. The van der Waals surface area contributed by atoms with Crippen molar-refractivity contribution in [1.29, 1.82) is 0 Å². The molecule has 0 aliphatic heterocycles. The number of hydrogen-bond donors (Lipinski definition) is 3. The Bertz CT molecular complexity index is 1270. The molecule has 2 atom stereocenters. The standard InChI is InChI=1S/C22H25N9O/c1-3-17-21(28-14-4-5-15(32)6-14)30-18-16(10-24-20(23)19(18)29-17)13-9-27-31(11-13)22-25-7-12(2)8-26-22/h7-11,14-15,32H,3-6H2,1-2H3,(H2,23,24)(H,28,30). The molecule has 0 bridgehead atoms. The summed E-state index contributed by atoms with van der Waals surface area (Å²) in [6.45, 7) is 3.97. The van der Waals surface area contributed by atoms with E-state index in [0.29, 0.717) is 35.6 Å². The Morgan fingerprint density at radius 1 is 1.09 bits per heavy atom. The molecule has 0 aromatic carbocycles. The number of aryl methyl sites for hydroxylation is 2. The Kier molecular flexibility index (Phi) is 5.14. The summed E-state index contributed by atoms with van der Waals surface area (Å²) in [5.74, 6) is 1.54. The number of anilines is 2. The molecule has 164 valence electrons. The molecule has 4 heterocycles. The van der Waals surface area contributed by atoms with Gasteiger partial charge in [0.1, 0.15) is 16.9 Å². The number of fused-ring (bicyclic) bond motifs is 1. The first-order valence-electron chi connectivity index (χ1n) is 10.8. The Labute approximate surface area is 185 Å². The number of rotatable bonds is 5. The molecule has 10 nitrogen and oxygen atoms in total. The van der Waals surface area contributed by atoms with Crippen LogP contribution in [0.15, 0.2) is 31.0 Å². The molecule has 5 rings (SSSR count). The van der Waals surface area contributed by atoms with E-state index in [1.807, 2.05) is 20.0 Å². The Balaban J connectivity index is 1.58. The van der Waals surface area contributed by atoms with Crippen LogP contribution in [-0.4, -0.2) is 52.0 Å². The largest absolute Gasteiger partial charge is 0.393 e. The monoisotopic (exact) mass is 431 g/mol. The average Bonchev–Trinajstić information content (AvgIpc) is 3.43. The Morgan fingerprint density at radius 2 is 1.91 bits per heavy atom. The minimum absolute atomic E-state index is 0.172. The van der Waals surface area contributed by atoms with Crippen molar-refractivity contribution in [2.24, 2.45) is 0 Å². The normalized spacial score (nSPS) is 18.3. The minimum Gasteiger partial charge on any atom is -0.393 e. The van der Waals surface area contributed by atoms with Crippen molar-refractivity contribution in [3.63, 3.8) is 0 Å². The van der Waals surface area contributed by atoms with Crippen LogP contribution in [0.1, 0.15) is 37.4 Å². The predicted molar refractivity (Wildman–Crippen MR) is 121 cm³/mol. The quantitative estimate of drug-likeness (QED) is 0.434. The molecular formula is C22H25N9O. The van der Waals surface area contributed by atoms with Gasteiger partial charge in [0.25, 0.3) is 0 Å². The van der Waals surface area contributed by atoms with Crippen LogP contribution >= 0.6 is 0 Å². The number of nitrogens with one attached hydrogen (secondary N) is 1. The van der Waals surface area contributed by atoms with E-state index >= 15 is 0 Å². The van der Waals surface area contributed by atoms with Crippen molar-refractivity contribution in [1.82, 2.24) is 34.7 Å². The molecule has 32 heavy (non-hydrogen) atoms. The first-order chi connectivity index (χ1) is 15.5. The molecular weight excluding hydrogens is 406 g/mol. The molecule has 10 heteroatoms. The third-order valence-corrected chi connectivity index (χ3v) is 5.74. The predicted octanol–water partition coefficient (Wildman–Crippen LogP) is 2.45. The molecule has 0 spiro atoms. The highest BCUT2D eigenvalue weighted by molar-refractivity contribution is 5.96. The van der Waals surface area contributed by atoms with Crippen LogP contribution in [0, 0.1) is 6.92 Å². The molecule has 1 fully saturated rings. The van der Waals surface area contributed by atoms with E-state index < -0.39 is 0 Å². The van der Waals surface area contributed by atoms with Gasteiger partial charge in [-0.15, -0.1) is 0 Å². The summed E-state index contributed by atoms with van der Waals surface area (Å²) in [6.07, 6.45) is 11.6.